The fourth-order valence-electron chi connectivity index (χ4n) is 5.42. The van der Waals surface area contributed by atoms with Crippen molar-refractivity contribution in [2.45, 2.75) is 46.7 Å². The fourth-order valence-corrected chi connectivity index (χ4v) is 5.99. The van der Waals surface area contributed by atoms with Crippen LogP contribution in [0.3, 0.4) is 0 Å². The highest BCUT2D eigenvalue weighted by molar-refractivity contribution is 7.80. The van der Waals surface area contributed by atoms with Gasteiger partial charge in [0.1, 0.15) is 0 Å². The summed E-state index contributed by atoms with van der Waals surface area (Å²) in [6.07, 6.45) is 1.76. The monoisotopic (exact) mass is 601 g/mol. The van der Waals surface area contributed by atoms with E-state index < -0.39 is 5.97 Å². The Morgan fingerprint density at radius 2 is 1.83 bits per heavy atom. The number of halogens is 1. The number of thiocarbonyl (C=S) groups is 1. The first-order valence-corrected chi connectivity index (χ1v) is 14.4. The van der Waals surface area contributed by atoms with Gasteiger partial charge in [0.2, 0.25) is 5.91 Å². The predicted octanol–water partition coefficient (Wildman–Crippen LogP) is 6.92. The van der Waals surface area contributed by atoms with Crippen LogP contribution in [0.5, 0.6) is 0 Å². The van der Waals surface area contributed by atoms with Crippen molar-refractivity contribution < 1.29 is 14.7 Å². The molecule has 10 heteroatoms. The molecular weight excluding hydrogens is 570 g/mol. The summed E-state index contributed by atoms with van der Waals surface area (Å²) in [5.41, 5.74) is 7.01. The number of nitrogens with zero attached hydrogens (tertiary/aromatic N) is 3. The lowest BCUT2D eigenvalue weighted by molar-refractivity contribution is -0.118. The van der Waals surface area contributed by atoms with Crippen molar-refractivity contribution in [1.29, 1.82) is 0 Å². The van der Waals surface area contributed by atoms with Crippen LogP contribution in [-0.4, -0.2) is 31.6 Å². The van der Waals surface area contributed by atoms with Crippen molar-refractivity contribution in [2.24, 2.45) is 5.92 Å². The van der Waals surface area contributed by atoms with Crippen LogP contribution in [-0.2, 0) is 4.79 Å². The first-order valence-electron chi connectivity index (χ1n) is 13.6. The zero-order valence-corrected chi connectivity index (χ0v) is 25.5. The summed E-state index contributed by atoms with van der Waals surface area (Å²) in [4.78, 5) is 30.8. The molecule has 8 nitrogen and oxygen atoms in total. The Morgan fingerprint density at radius 1 is 1.07 bits per heavy atom. The number of hydrogen-bond donors (Lipinski definition) is 3. The standard InChI is InChI=1S/C32H32ClN5O3S/c1-17(2)30(39)35-25-12-11-22(16-24(25)33)38-29(28(36-32(38)42)26-8-6-7-13-34-26)23-14-19(4)37(20(23)5)27-15-21(31(40)41)10-9-18(27)3/h6-17,28-29H,1-5H3,(H,35,39)(H,36,42)(H,40,41)/t28-,29-/m1/s1. The molecule has 2 atom stereocenters. The number of anilines is 2. The molecule has 0 bridgehead atoms. The van der Waals surface area contributed by atoms with E-state index in [0.717, 1.165) is 39.6 Å². The molecule has 4 aromatic rings. The molecule has 3 heterocycles. The molecule has 2 aromatic carbocycles. The maximum absolute atomic E-state index is 12.3. The second-order valence-corrected chi connectivity index (χ2v) is 11.6. The highest BCUT2D eigenvalue weighted by Crippen LogP contribution is 2.45. The second-order valence-electron chi connectivity index (χ2n) is 10.8. The van der Waals surface area contributed by atoms with Crippen LogP contribution in [0.1, 0.15) is 64.5 Å². The second kappa shape index (κ2) is 11.6. The number of carboxylic acids is 1. The van der Waals surface area contributed by atoms with Gasteiger partial charge in [0.15, 0.2) is 5.11 Å². The molecular formula is C32H32ClN5O3S. The molecule has 0 aliphatic carbocycles. The lowest BCUT2D eigenvalue weighted by atomic mass is 9.96. The summed E-state index contributed by atoms with van der Waals surface area (Å²) in [7, 11) is 0. The Hall–Kier alpha value is -4.21. The van der Waals surface area contributed by atoms with Crippen LogP contribution in [0.2, 0.25) is 5.02 Å². The smallest absolute Gasteiger partial charge is 0.335 e. The first-order chi connectivity index (χ1) is 20.0. The van der Waals surface area contributed by atoms with E-state index in [0.29, 0.717) is 15.8 Å². The molecule has 5 rings (SSSR count). The van der Waals surface area contributed by atoms with Gasteiger partial charge in [-0.2, -0.15) is 0 Å². The maximum atomic E-state index is 12.3. The Bertz CT molecular complexity index is 1700. The van der Waals surface area contributed by atoms with Gasteiger partial charge >= 0.3 is 5.97 Å². The third-order valence-electron chi connectivity index (χ3n) is 7.60. The Kier molecular flexibility index (Phi) is 8.08. The SMILES string of the molecule is Cc1ccc(C(=O)O)cc1-n1c(C)cc([C@@H]2[C@@H](c3ccccn3)NC(=S)N2c2ccc(NC(=O)C(C)C)c(Cl)c2)c1C. The van der Waals surface area contributed by atoms with Crippen LogP contribution < -0.4 is 15.5 Å². The largest absolute Gasteiger partial charge is 0.478 e. The average Bonchev–Trinajstić information content (AvgIpc) is 3.45. The molecule has 216 valence electrons. The number of nitrogens with one attached hydrogen (secondary N) is 2. The van der Waals surface area contributed by atoms with Gasteiger partial charge < -0.3 is 25.2 Å². The number of benzene rings is 2. The molecule has 3 N–H and O–H groups in total. The summed E-state index contributed by atoms with van der Waals surface area (Å²) >= 11 is 12.6. The third-order valence-corrected chi connectivity index (χ3v) is 8.22. The van der Waals surface area contributed by atoms with Gasteiger partial charge in [0, 0.05) is 34.9 Å². The minimum Gasteiger partial charge on any atom is -0.478 e. The minimum absolute atomic E-state index is 0.120. The number of pyridine rings is 1. The third kappa shape index (κ3) is 5.37. The van der Waals surface area contributed by atoms with E-state index in [1.807, 2.05) is 69.9 Å². The van der Waals surface area contributed by atoms with Crippen molar-refractivity contribution in [3.8, 4) is 5.69 Å². The summed E-state index contributed by atoms with van der Waals surface area (Å²) in [5.74, 6) is -1.28. The summed E-state index contributed by atoms with van der Waals surface area (Å²) in [6.45, 7) is 9.65. The normalized spacial score (nSPS) is 16.5. The van der Waals surface area contributed by atoms with Gasteiger partial charge in [-0.05, 0) is 92.6 Å². The zero-order chi connectivity index (χ0) is 30.3. The Balaban J connectivity index is 1.64. The van der Waals surface area contributed by atoms with Crippen LogP contribution in [0.25, 0.3) is 5.69 Å². The Morgan fingerprint density at radius 3 is 2.48 bits per heavy atom. The first kappa shape index (κ1) is 29.3. The molecule has 1 saturated heterocycles. The van der Waals surface area contributed by atoms with E-state index in [-0.39, 0.29) is 29.5 Å². The number of hydrogen-bond acceptors (Lipinski definition) is 4. The molecule has 0 spiro atoms. The predicted molar refractivity (Wildman–Crippen MR) is 170 cm³/mol. The minimum atomic E-state index is -0.976. The molecule has 0 saturated carbocycles. The summed E-state index contributed by atoms with van der Waals surface area (Å²) in [6, 6.07) is 17.9. The van der Waals surface area contributed by atoms with Crippen molar-refractivity contribution in [3.63, 3.8) is 0 Å². The van der Waals surface area contributed by atoms with Crippen molar-refractivity contribution in [2.75, 3.05) is 10.2 Å². The zero-order valence-electron chi connectivity index (χ0n) is 24.0. The van der Waals surface area contributed by atoms with Crippen LogP contribution >= 0.6 is 23.8 Å². The number of aromatic nitrogens is 2. The van der Waals surface area contributed by atoms with Crippen molar-refractivity contribution >= 4 is 52.2 Å². The van der Waals surface area contributed by atoms with Crippen LogP contribution in [0.4, 0.5) is 11.4 Å². The number of amides is 1. The van der Waals surface area contributed by atoms with Gasteiger partial charge in [0.25, 0.3) is 0 Å². The van der Waals surface area contributed by atoms with Gasteiger partial charge in [-0.1, -0.05) is 37.6 Å². The van der Waals surface area contributed by atoms with Crippen molar-refractivity contribution in [3.05, 3.63) is 106 Å². The topological polar surface area (TPSA) is 99.5 Å². The number of aromatic carboxylic acids is 1. The Labute approximate surface area is 255 Å². The molecule has 1 aliphatic heterocycles. The quantitative estimate of drug-likeness (QED) is 0.198. The summed E-state index contributed by atoms with van der Waals surface area (Å²) < 4.78 is 2.09. The van der Waals surface area contributed by atoms with Gasteiger partial charge in [0.05, 0.1) is 34.1 Å². The number of carbonyl (C=O) groups excluding carboxylic acids is 1. The fraction of sp³-hybridized carbons (Fsp3) is 0.250. The summed E-state index contributed by atoms with van der Waals surface area (Å²) in [5, 5.41) is 16.9. The number of carboxylic acid groups (broad SMARTS) is 1. The van der Waals surface area contributed by atoms with E-state index in [4.69, 9.17) is 23.8 Å². The molecule has 42 heavy (non-hydrogen) atoms. The molecule has 1 amide bonds. The molecule has 2 aromatic heterocycles. The van der Waals surface area contributed by atoms with E-state index in [9.17, 15) is 14.7 Å². The lowest BCUT2D eigenvalue weighted by Crippen LogP contribution is -2.29. The maximum Gasteiger partial charge on any atom is 0.335 e. The van der Waals surface area contributed by atoms with E-state index >= 15 is 0 Å². The highest BCUT2D eigenvalue weighted by Gasteiger charge is 2.42. The van der Waals surface area contributed by atoms with Crippen LogP contribution in [0.15, 0.2) is 66.9 Å². The van der Waals surface area contributed by atoms with Crippen molar-refractivity contribution in [1.82, 2.24) is 14.9 Å². The average molecular weight is 602 g/mol. The molecule has 1 aliphatic rings. The number of aryl methyl sites for hydroxylation is 2. The molecule has 0 unspecified atom stereocenters. The van der Waals surface area contributed by atoms with Crippen LogP contribution in [0, 0.1) is 26.7 Å². The van der Waals surface area contributed by atoms with Gasteiger partial charge in [-0.3, -0.25) is 9.78 Å². The highest BCUT2D eigenvalue weighted by atomic mass is 35.5. The van der Waals surface area contributed by atoms with E-state index in [2.05, 4.69) is 26.3 Å². The van der Waals surface area contributed by atoms with Gasteiger partial charge in [-0.15, -0.1) is 0 Å². The number of rotatable bonds is 7. The number of carbonyl (C=O) groups is 2. The molecule has 1 fully saturated rings. The van der Waals surface area contributed by atoms with E-state index in [1.54, 1.807) is 30.5 Å². The van der Waals surface area contributed by atoms with E-state index in [1.165, 1.54) is 0 Å². The van der Waals surface area contributed by atoms with Gasteiger partial charge in [-0.25, -0.2) is 4.79 Å². The lowest BCUT2D eigenvalue weighted by Gasteiger charge is -2.28. The molecule has 0 radical (unpaired) electrons.